The van der Waals surface area contributed by atoms with E-state index >= 15 is 0 Å². The van der Waals surface area contributed by atoms with Crippen molar-refractivity contribution >= 4 is 15.7 Å². The summed E-state index contributed by atoms with van der Waals surface area (Å²) >= 11 is 0. The molecule has 1 saturated heterocycles. The summed E-state index contributed by atoms with van der Waals surface area (Å²) in [5.41, 5.74) is 1.82. The van der Waals surface area contributed by atoms with E-state index in [4.69, 9.17) is 0 Å². The fourth-order valence-electron chi connectivity index (χ4n) is 2.39. The minimum Gasteiger partial charge on any atom is -0.352 e. The third-order valence-electron chi connectivity index (χ3n) is 3.72. The number of carbonyl (C=O) groups is 1. The Balaban J connectivity index is 1.89. The first-order chi connectivity index (χ1) is 9.37. The van der Waals surface area contributed by atoms with E-state index in [1.54, 1.807) is 0 Å². The minimum absolute atomic E-state index is 0.0545. The minimum atomic E-state index is -2.87. The summed E-state index contributed by atoms with van der Waals surface area (Å²) in [7, 11) is -2.87. The van der Waals surface area contributed by atoms with Crippen molar-refractivity contribution in [1.82, 2.24) is 5.32 Å². The molecule has 1 amide bonds. The van der Waals surface area contributed by atoms with E-state index < -0.39 is 9.84 Å². The van der Waals surface area contributed by atoms with Crippen LogP contribution < -0.4 is 5.32 Å². The summed E-state index contributed by atoms with van der Waals surface area (Å²) in [6.45, 7) is 4.65. The van der Waals surface area contributed by atoms with Gasteiger partial charge in [-0.3, -0.25) is 4.79 Å². The van der Waals surface area contributed by atoms with Crippen LogP contribution in [0.25, 0.3) is 0 Å². The monoisotopic (exact) mass is 295 g/mol. The second-order valence-corrected chi connectivity index (χ2v) is 7.98. The molecule has 1 atom stereocenters. The molecule has 1 heterocycles. The molecule has 0 radical (unpaired) electrons. The van der Waals surface area contributed by atoms with Crippen molar-refractivity contribution in [2.24, 2.45) is 5.92 Å². The van der Waals surface area contributed by atoms with Gasteiger partial charge in [-0.05, 0) is 36.0 Å². The van der Waals surface area contributed by atoms with E-state index in [0.29, 0.717) is 24.4 Å². The van der Waals surface area contributed by atoms with E-state index in [9.17, 15) is 13.2 Å². The fraction of sp³-hybridized carbons (Fsp3) is 0.533. The van der Waals surface area contributed by atoms with Crippen molar-refractivity contribution in [2.45, 2.75) is 26.2 Å². The molecule has 0 bridgehead atoms. The molecule has 5 heteroatoms. The molecule has 1 fully saturated rings. The van der Waals surface area contributed by atoms with Crippen LogP contribution in [-0.2, 0) is 9.84 Å². The van der Waals surface area contributed by atoms with Crippen LogP contribution in [0.15, 0.2) is 24.3 Å². The Kier molecular flexibility index (Phi) is 4.48. The van der Waals surface area contributed by atoms with Crippen LogP contribution in [0.1, 0.15) is 42.1 Å². The Labute approximate surface area is 120 Å². The topological polar surface area (TPSA) is 63.2 Å². The van der Waals surface area contributed by atoms with Crippen LogP contribution in [0, 0.1) is 5.92 Å². The maximum Gasteiger partial charge on any atom is 0.251 e. The van der Waals surface area contributed by atoms with E-state index in [1.165, 1.54) is 5.56 Å². The van der Waals surface area contributed by atoms with Gasteiger partial charge in [0.1, 0.15) is 0 Å². The number of nitrogens with one attached hydrogen (secondary N) is 1. The SMILES string of the molecule is CC(C)c1ccc(C(=O)NCC2CCS(=O)(=O)C2)cc1. The first kappa shape index (κ1) is 15.0. The highest BCUT2D eigenvalue weighted by Gasteiger charge is 2.27. The lowest BCUT2D eigenvalue weighted by Gasteiger charge is -2.10. The number of carbonyl (C=O) groups excluding carboxylic acids is 1. The van der Waals surface area contributed by atoms with E-state index in [-0.39, 0.29) is 23.3 Å². The zero-order chi connectivity index (χ0) is 14.8. The molecule has 1 unspecified atom stereocenters. The average molecular weight is 295 g/mol. The highest BCUT2D eigenvalue weighted by Crippen LogP contribution is 2.18. The first-order valence-corrected chi connectivity index (χ1v) is 8.78. The number of benzene rings is 1. The molecular formula is C15H21NO3S. The van der Waals surface area contributed by atoms with Crippen LogP contribution in [0.3, 0.4) is 0 Å². The summed E-state index contributed by atoms with van der Waals surface area (Å²) in [6, 6.07) is 7.55. The average Bonchev–Trinajstić information content (AvgIpc) is 2.75. The van der Waals surface area contributed by atoms with Gasteiger partial charge >= 0.3 is 0 Å². The number of amides is 1. The van der Waals surface area contributed by atoms with Crippen molar-refractivity contribution in [3.63, 3.8) is 0 Å². The number of hydrogen-bond acceptors (Lipinski definition) is 3. The third kappa shape index (κ3) is 3.82. The van der Waals surface area contributed by atoms with Gasteiger partial charge in [-0.15, -0.1) is 0 Å². The summed E-state index contributed by atoms with van der Waals surface area (Å²) in [5, 5.41) is 2.82. The predicted octanol–water partition coefficient (Wildman–Crippen LogP) is 1.97. The number of rotatable bonds is 4. The summed E-state index contributed by atoms with van der Waals surface area (Å²) < 4.78 is 22.7. The number of sulfone groups is 1. The van der Waals surface area contributed by atoms with Gasteiger partial charge in [0.05, 0.1) is 11.5 Å². The molecule has 0 aliphatic carbocycles. The second-order valence-electron chi connectivity index (χ2n) is 5.76. The zero-order valence-electron chi connectivity index (χ0n) is 11.9. The number of hydrogen-bond donors (Lipinski definition) is 1. The summed E-state index contributed by atoms with van der Waals surface area (Å²) in [4.78, 5) is 12.0. The van der Waals surface area contributed by atoms with Crippen LogP contribution >= 0.6 is 0 Å². The molecule has 110 valence electrons. The molecule has 1 aromatic rings. The van der Waals surface area contributed by atoms with Gasteiger partial charge in [0, 0.05) is 12.1 Å². The summed E-state index contributed by atoms with van der Waals surface area (Å²) in [6.07, 6.45) is 0.648. The lowest BCUT2D eigenvalue weighted by Crippen LogP contribution is -2.29. The van der Waals surface area contributed by atoms with E-state index in [1.807, 2.05) is 24.3 Å². The molecule has 0 saturated carbocycles. The quantitative estimate of drug-likeness (QED) is 0.923. The van der Waals surface area contributed by atoms with Crippen LogP contribution in [0.5, 0.6) is 0 Å². The van der Waals surface area contributed by atoms with Gasteiger partial charge < -0.3 is 5.32 Å². The van der Waals surface area contributed by atoms with Crippen molar-refractivity contribution < 1.29 is 13.2 Å². The van der Waals surface area contributed by atoms with Gasteiger partial charge in [-0.2, -0.15) is 0 Å². The maximum absolute atomic E-state index is 12.0. The van der Waals surface area contributed by atoms with Crippen LogP contribution in [0.4, 0.5) is 0 Å². The molecule has 20 heavy (non-hydrogen) atoms. The maximum atomic E-state index is 12.0. The molecule has 4 nitrogen and oxygen atoms in total. The second kappa shape index (κ2) is 5.95. The Morgan fingerprint density at radius 2 is 1.95 bits per heavy atom. The van der Waals surface area contributed by atoms with Gasteiger partial charge in [0.2, 0.25) is 0 Å². The highest BCUT2D eigenvalue weighted by atomic mass is 32.2. The van der Waals surface area contributed by atoms with Crippen LogP contribution in [0.2, 0.25) is 0 Å². The first-order valence-electron chi connectivity index (χ1n) is 6.96. The van der Waals surface area contributed by atoms with Crippen LogP contribution in [-0.4, -0.2) is 32.4 Å². The van der Waals surface area contributed by atoms with Crippen molar-refractivity contribution in [3.8, 4) is 0 Å². The van der Waals surface area contributed by atoms with Gasteiger partial charge in [-0.25, -0.2) is 8.42 Å². The Bertz CT molecular complexity index is 576. The standard InChI is InChI=1S/C15H21NO3S/c1-11(2)13-3-5-14(6-4-13)15(17)16-9-12-7-8-20(18,19)10-12/h3-6,11-12H,7-10H2,1-2H3,(H,16,17). The molecule has 0 spiro atoms. The lowest BCUT2D eigenvalue weighted by molar-refractivity contribution is 0.0948. The van der Waals surface area contributed by atoms with E-state index in [0.717, 1.165) is 0 Å². The Morgan fingerprint density at radius 1 is 1.30 bits per heavy atom. The molecule has 0 aromatic heterocycles. The predicted molar refractivity (Wildman–Crippen MR) is 79.6 cm³/mol. The molecule has 1 aliphatic rings. The molecule has 2 rings (SSSR count). The molecular weight excluding hydrogens is 274 g/mol. The highest BCUT2D eigenvalue weighted by molar-refractivity contribution is 7.91. The fourth-order valence-corrected chi connectivity index (χ4v) is 4.25. The van der Waals surface area contributed by atoms with Gasteiger partial charge in [0.25, 0.3) is 5.91 Å². The Morgan fingerprint density at radius 3 is 2.45 bits per heavy atom. The van der Waals surface area contributed by atoms with Crippen molar-refractivity contribution in [3.05, 3.63) is 35.4 Å². The van der Waals surface area contributed by atoms with E-state index in [2.05, 4.69) is 19.2 Å². The third-order valence-corrected chi connectivity index (χ3v) is 5.55. The smallest absolute Gasteiger partial charge is 0.251 e. The zero-order valence-corrected chi connectivity index (χ0v) is 12.7. The molecule has 1 aromatic carbocycles. The Hall–Kier alpha value is -1.36. The van der Waals surface area contributed by atoms with Gasteiger partial charge in [0.15, 0.2) is 9.84 Å². The molecule has 1 N–H and O–H groups in total. The normalized spacial score (nSPS) is 21.1. The molecule has 1 aliphatic heterocycles. The van der Waals surface area contributed by atoms with Gasteiger partial charge in [-0.1, -0.05) is 26.0 Å². The largest absolute Gasteiger partial charge is 0.352 e. The van der Waals surface area contributed by atoms with Crippen molar-refractivity contribution in [1.29, 1.82) is 0 Å². The summed E-state index contributed by atoms with van der Waals surface area (Å²) in [5.74, 6) is 0.801. The lowest BCUT2D eigenvalue weighted by atomic mass is 10.0. The van der Waals surface area contributed by atoms with Crippen molar-refractivity contribution in [2.75, 3.05) is 18.1 Å².